The number of carbonyl (C=O) groups is 4. The minimum absolute atomic E-state index is 0.0342. The van der Waals surface area contributed by atoms with Gasteiger partial charge in [0.25, 0.3) is 0 Å². The highest BCUT2D eigenvalue weighted by Gasteiger charge is 2.29. The molecule has 0 aliphatic rings. The molecule has 2 aromatic rings. The van der Waals surface area contributed by atoms with Crippen LogP contribution in [-0.2, 0) is 34.4 Å². The summed E-state index contributed by atoms with van der Waals surface area (Å²) in [6, 6.07) is 16.8. The molecule has 0 aliphatic heterocycles. The number of hydrogen-bond donors (Lipinski definition) is 2. The lowest BCUT2D eigenvalue weighted by molar-refractivity contribution is -0.148. The number of benzene rings is 2. The number of nitrogens with two attached hydrogens (primary N) is 1. The highest BCUT2D eigenvalue weighted by Crippen LogP contribution is 2.22. The molecule has 0 saturated carbocycles. The predicted octanol–water partition coefficient (Wildman–Crippen LogP) is 3.59. The number of carbonyl (C=O) groups excluding carboxylic acids is 4. The normalized spacial score (nSPS) is 13.2. The molecule has 0 fully saturated rings. The lowest BCUT2D eigenvalue weighted by atomic mass is 9.98. The summed E-state index contributed by atoms with van der Waals surface area (Å²) in [6.07, 6.45) is 0.152. The van der Waals surface area contributed by atoms with E-state index >= 15 is 0 Å². The monoisotopic (exact) mass is 528 g/mol. The standard InChI is InChI=1S/C28H36N2O6S/c1-3-35-27(33)24(29)16-15-23(31)17-22(19-37-18-20-11-7-5-8-12-20)26(32)30-25(28(34)36-4-2)21-13-9-6-10-14-21/h5-14,22,24-25H,3-4,15-19,29H2,1-2H3,(H,30,32)/t22-,24-,25+/m0/s1. The maximum absolute atomic E-state index is 13.4. The molecule has 0 radical (unpaired) electrons. The van der Waals surface area contributed by atoms with Crippen molar-refractivity contribution in [1.29, 1.82) is 0 Å². The van der Waals surface area contributed by atoms with Crippen molar-refractivity contribution < 1.29 is 28.7 Å². The van der Waals surface area contributed by atoms with Gasteiger partial charge in [-0.15, -0.1) is 0 Å². The fourth-order valence-corrected chi connectivity index (χ4v) is 4.69. The predicted molar refractivity (Wildman–Crippen MR) is 144 cm³/mol. The first kappa shape index (κ1) is 30.1. The zero-order chi connectivity index (χ0) is 27.0. The third-order valence-electron chi connectivity index (χ3n) is 5.54. The Morgan fingerprint density at radius 2 is 1.49 bits per heavy atom. The van der Waals surface area contributed by atoms with Crippen molar-refractivity contribution in [2.45, 2.75) is 50.9 Å². The van der Waals surface area contributed by atoms with Gasteiger partial charge in [0.1, 0.15) is 11.8 Å². The summed E-state index contributed by atoms with van der Waals surface area (Å²) < 4.78 is 10.1. The van der Waals surface area contributed by atoms with Crippen molar-refractivity contribution in [2.24, 2.45) is 11.7 Å². The minimum Gasteiger partial charge on any atom is -0.465 e. The lowest BCUT2D eigenvalue weighted by Crippen LogP contribution is -2.40. The SMILES string of the molecule is CCOC(=O)[C@@H](N)CCC(=O)C[C@@H](CSCc1ccccc1)C(=O)N[C@@H](C(=O)OCC)c1ccccc1. The van der Waals surface area contributed by atoms with Gasteiger partial charge in [0.05, 0.1) is 19.1 Å². The van der Waals surface area contributed by atoms with Gasteiger partial charge in [-0.25, -0.2) is 4.79 Å². The summed E-state index contributed by atoms with van der Waals surface area (Å²) >= 11 is 1.53. The number of thioether (sulfide) groups is 1. The summed E-state index contributed by atoms with van der Waals surface area (Å²) in [7, 11) is 0. The Hall–Kier alpha value is -3.17. The van der Waals surface area contributed by atoms with Crippen LogP contribution in [0.3, 0.4) is 0 Å². The first-order chi connectivity index (χ1) is 17.8. The van der Waals surface area contributed by atoms with Gasteiger partial charge >= 0.3 is 11.9 Å². The van der Waals surface area contributed by atoms with Crippen LogP contribution in [0.15, 0.2) is 60.7 Å². The van der Waals surface area contributed by atoms with Gasteiger partial charge in [-0.3, -0.25) is 14.4 Å². The number of ether oxygens (including phenoxy) is 2. The first-order valence-electron chi connectivity index (χ1n) is 12.4. The molecule has 9 heteroatoms. The largest absolute Gasteiger partial charge is 0.465 e. The molecule has 2 rings (SSSR count). The fraction of sp³-hybridized carbons (Fsp3) is 0.429. The van der Waals surface area contributed by atoms with E-state index in [0.29, 0.717) is 17.1 Å². The number of rotatable bonds is 16. The second-order valence-electron chi connectivity index (χ2n) is 8.44. The summed E-state index contributed by atoms with van der Waals surface area (Å²) in [6.45, 7) is 3.77. The van der Waals surface area contributed by atoms with Crippen molar-refractivity contribution in [3.05, 3.63) is 71.8 Å². The number of hydrogen-bond acceptors (Lipinski definition) is 8. The van der Waals surface area contributed by atoms with Gasteiger partial charge in [-0.2, -0.15) is 11.8 Å². The second kappa shape index (κ2) is 16.6. The molecule has 0 bridgehead atoms. The van der Waals surface area contributed by atoms with Gasteiger partial charge in [0.15, 0.2) is 6.04 Å². The topological polar surface area (TPSA) is 125 Å². The summed E-state index contributed by atoms with van der Waals surface area (Å²) in [5, 5.41) is 2.79. The van der Waals surface area contributed by atoms with Crippen LogP contribution in [-0.4, -0.2) is 48.6 Å². The van der Waals surface area contributed by atoms with Crippen molar-refractivity contribution in [3.63, 3.8) is 0 Å². The number of nitrogens with one attached hydrogen (secondary N) is 1. The van der Waals surface area contributed by atoms with E-state index in [2.05, 4.69) is 5.32 Å². The Morgan fingerprint density at radius 1 is 0.892 bits per heavy atom. The number of Topliss-reactive ketones (excluding diaryl/α,β-unsaturated/α-hetero) is 1. The van der Waals surface area contributed by atoms with E-state index in [9.17, 15) is 19.2 Å². The Bertz CT molecular complexity index is 1000. The smallest absolute Gasteiger partial charge is 0.333 e. The molecular weight excluding hydrogens is 492 g/mol. The van der Waals surface area contributed by atoms with Crippen LogP contribution in [0.1, 0.15) is 50.3 Å². The van der Waals surface area contributed by atoms with Crippen LogP contribution in [0.4, 0.5) is 0 Å². The molecule has 2 aromatic carbocycles. The summed E-state index contributed by atoms with van der Waals surface area (Å²) in [5.74, 6) is -1.35. The number of esters is 2. The van der Waals surface area contributed by atoms with Gasteiger partial charge in [0.2, 0.25) is 5.91 Å². The maximum Gasteiger partial charge on any atom is 0.333 e. The Morgan fingerprint density at radius 3 is 2.11 bits per heavy atom. The molecule has 37 heavy (non-hydrogen) atoms. The fourth-order valence-electron chi connectivity index (χ4n) is 3.59. The van der Waals surface area contributed by atoms with Gasteiger partial charge in [-0.1, -0.05) is 60.7 Å². The minimum atomic E-state index is -0.984. The average Bonchev–Trinajstić information content (AvgIpc) is 2.91. The Labute approximate surface area is 222 Å². The molecule has 3 atom stereocenters. The zero-order valence-electron chi connectivity index (χ0n) is 21.4. The molecule has 0 aliphatic carbocycles. The third kappa shape index (κ3) is 10.8. The van der Waals surface area contributed by atoms with E-state index in [-0.39, 0.29) is 38.3 Å². The quantitative estimate of drug-likeness (QED) is 0.317. The Balaban J connectivity index is 2.10. The van der Waals surface area contributed by atoms with Crippen LogP contribution in [0.25, 0.3) is 0 Å². The average molecular weight is 529 g/mol. The molecule has 3 N–H and O–H groups in total. The van der Waals surface area contributed by atoms with E-state index in [1.165, 1.54) is 11.8 Å². The van der Waals surface area contributed by atoms with E-state index in [0.717, 1.165) is 5.56 Å². The molecule has 0 unspecified atom stereocenters. The molecule has 200 valence electrons. The lowest BCUT2D eigenvalue weighted by Gasteiger charge is -2.22. The second-order valence-corrected chi connectivity index (χ2v) is 9.47. The van der Waals surface area contributed by atoms with Crippen molar-refractivity contribution in [3.8, 4) is 0 Å². The van der Waals surface area contributed by atoms with E-state index in [4.69, 9.17) is 15.2 Å². The Kier molecular flexibility index (Phi) is 13.4. The summed E-state index contributed by atoms with van der Waals surface area (Å²) in [5.41, 5.74) is 7.52. The van der Waals surface area contributed by atoms with E-state index < -0.39 is 35.8 Å². The molecule has 0 spiro atoms. The van der Waals surface area contributed by atoms with Gasteiger partial charge in [0, 0.05) is 24.3 Å². The first-order valence-corrected chi connectivity index (χ1v) is 13.6. The highest BCUT2D eigenvalue weighted by molar-refractivity contribution is 7.98. The van der Waals surface area contributed by atoms with Crippen molar-refractivity contribution in [1.82, 2.24) is 5.32 Å². The number of amides is 1. The molecule has 0 heterocycles. The molecule has 0 aromatic heterocycles. The molecule has 8 nitrogen and oxygen atoms in total. The van der Waals surface area contributed by atoms with Gasteiger partial charge in [-0.05, 0) is 31.4 Å². The number of ketones is 1. The molecule has 0 saturated heterocycles. The van der Waals surface area contributed by atoms with E-state index in [1.807, 2.05) is 36.4 Å². The van der Waals surface area contributed by atoms with Crippen LogP contribution < -0.4 is 11.1 Å². The van der Waals surface area contributed by atoms with Crippen molar-refractivity contribution in [2.75, 3.05) is 19.0 Å². The van der Waals surface area contributed by atoms with Crippen LogP contribution in [0.2, 0.25) is 0 Å². The maximum atomic E-state index is 13.4. The highest BCUT2D eigenvalue weighted by atomic mass is 32.2. The summed E-state index contributed by atoms with van der Waals surface area (Å²) in [4.78, 5) is 50.6. The van der Waals surface area contributed by atoms with E-state index in [1.54, 1.807) is 38.1 Å². The van der Waals surface area contributed by atoms with Crippen LogP contribution in [0, 0.1) is 5.92 Å². The molecule has 1 amide bonds. The zero-order valence-corrected chi connectivity index (χ0v) is 22.2. The molecular formula is C28H36N2O6S. The van der Waals surface area contributed by atoms with Crippen LogP contribution >= 0.6 is 11.8 Å². The van der Waals surface area contributed by atoms with Crippen LogP contribution in [0.5, 0.6) is 0 Å². The van der Waals surface area contributed by atoms with Gasteiger partial charge < -0.3 is 20.5 Å². The van der Waals surface area contributed by atoms with Crippen molar-refractivity contribution >= 4 is 35.4 Å². The third-order valence-corrected chi connectivity index (χ3v) is 6.72.